The van der Waals surface area contributed by atoms with E-state index in [2.05, 4.69) is 31.5 Å². The van der Waals surface area contributed by atoms with Crippen molar-refractivity contribution in [2.24, 2.45) is 0 Å². The third-order valence-corrected chi connectivity index (χ3v) is 2.75. The van der Waals surface area contributed by atoms with Crippen LogP contribution in [0.1, 0.15) is 26.0 Å². The first-order valence-corrected chi connectivity index (χ1v) is 6.55. The first-order valence-electron chi connectivity index (χ1n) is 5.76. The van der Waals surface area contributed by atoms with Crippen LogP contribution in [0.15, 0.2) is 22.8 Å². The molecular weight excluding hydrogens is 282 g/mol. The second kappa shape index (κ2) is 7.40. The van der Waals surface area contributed by atoms with E-state index in [4.69, 9.17) is 0 Å². The van der Waals surface area contributed by atoms with E-state index in [0.717, 1.165) is 23.3 Å². The van der Waals surface area contributed by atoms with Crippen LogP contribution in [0, 0.1) is 0 Å². The molecule has 2 N–H and O–H groups in total. The third kappa shape index (κ3) is 5.28. The molecule has 0 radical (unpaired) electrons. The van der Waals surface area contributed by atoms with E-state index in [1.165, 1.54) is 0 Å². The minimum Gasteiger partial charge on any atom is -0.355 e. The molecule has 1 aromatic rings. The first-order chi connectivity index (χ1) is 8.13. The first kappa shape index (κ1) is 14.1. The minimum atomic E-state index is -0.206. The van der Waals surface area contributed by atoms with Crippen molar-refractivity contribution in [2.75, 3.05) is 6.54 Å². The van der Waals surface area contributed by atoms with Crippen LogP contribution in [0.5, 0.6) is 0 Å². The fraction of sp³-hybridized carbons (Fsp3) is 0.500. The monoisotopic (exact) mass is 299 g/mol. The number of nitrogens with zero attached hydrogens (tertiary/aromatic N) is 1. The van der Waals surface area contributed by atoms with Gasteiger partial charge in [0, 0.05) is 13.1 Å². The summed E-state index contributed by atoms with van der Waals surface area (Å²) >= 11 is 3.31. The number of pyridine rings is 1. The van der Waals surface area contributed by atoms with Crippen LogP contribution in [0.2, 0.25) is 0 Å². The molecule has 0 saturated heterocycles. The second-order valence-corrected chi connectivity index (χ2v) is 4.66. The predicted molar refractivity (Wildman–Crippen MR) is 71.5 cm³/mol. The quantitative estimate of drug-likeness (QED) is 0.788. The lowest BCUT2D eigenvalue weighted by atomic mass is 10.3. The molecule has 0 bridgehead atoms. The molecule has 17 heavy (non-hydrogen) atoms. The molecule has 4 nitrogen and oxygen atoms in total. The summed E-state index contributed by atoms with van der Waals surface area (Å²) < 4.78 is 0.805. The highest BCUT2D eigenvalue weighted by Crippen LogP contribution is 2.06. The van der Waals surface area contributed by atoms with Gasteiger partial charge in [-0.25, -0.2) is 4.98 Å². The number of hydrogen-bond acceptors (Lipinski definition) is 3. The molecule has 1 amide bonds. The summed E-state index contributed by atoms with van der Waals surface area (Å²) in [5.41, 5.74) is 0.912. The van der Waals surface area contributed by atoms with Gasteiger partial charge in [-0.05, 0) is 41.4 Å². The van der Waals surface area contributed by atoms with Gasteiger partial charge in [-0.15, -0.1) is 0 Å². The number of aromatic nitrogens is 1. The standard InChI is InChI=1S/C12H18BrN3O/c1-3-7-14-12(17)9(2)15-8-10-5-4-6-11(13)16-10/h4-6,9,15H,3,7-8H2,1-2H3,(H,14,17). The zero-order chi connectivity index (χ0) is 12.7. The molecular formula is C12H18BrN3O. The number of hydrogen-bond donors (Lipinski definition) is 2. The number of nitrogens with one attached hydrogen (secondary N) is 2. The molecule has 0 aliphatic carbocycles. The fourth-order valence-electron chi connectivity index (χ4n) is 1.30. The van der Waals surface area contributed by atoms with Crippen molar-refractivity contribution in [1.29, 1.82) is 0 Å². The molecule has 0 saturated carbocycles. The highest BCUT2D eigenvalue weighted by molar-refractivity contribution is 9.10. The van der Waals surface area contributed by atoms with Gasteiger partial charge in [0.15, 0.2) is 0 Å². The van der Waals surface area contributed by atoms with Crippen LogP contribution in [-0.4, -0.2) is 23.5 Å². The largest absolute Gasteiger partial charge is 0.355 e. The van der Waals surface area contributed by atoms with Crippen molar-refractivity contribution >= 4 is 21.8 Å². The molecule has 1 unspecified atom stereocenters. The van der Waals surface area contributed by atoms with Gasteiger partial charge in [0.1, 0.15) is 4.60 Å². The van der Waals surface area contributed by atoms with E-state index >= 15 is 0 Å². The Labute approximate surface area is 110 Å². The van der Waals surface area contributed by atoms with Crippen molar-refractivity contribution < 1.29 is 4.79 Å². The summed E-state index contributed by atoms with van der Waals surface area (Å²) in [6.07, 6.45) is 0.950. The summed E-state index contributed by atoms with van der Waals surface area (Å²) in [4.78, 5) is 15.9. The van der Waals surface area contributed by atoms with Gasteiger partial charge in [0.2, 0.25) is 5.91 Å². The third-order valence-electron chi connectivity index (χ3n) is 2.30. The van der Waals surface area contributed by atoms with E-state index in [-0.39, 0.29) is 11.9 Å². The van der Waals surface area contributed by atoms with Gasteiger partial charge in [-0.1, -0.05) is 13.0 Å². The molecule has 0 aliphatic rings. The maximum Gasteiger partial charge on any atom is 0.236 e. The summed E-state index contributed by atoms with van der Waals surface area (Å²) in [6, 6.07) is 5.52. The Morgan fingerprint density at radius 3 is 2.94 bits per heavy atom. The van der Waals surface area contributed by atoms with Crippen LogP contribution in [0.25, 0.3) is 0 Å². The number of halogens is 1. The van der Waals surface area contributed by atoms with Crippen molar-refractivity contribution in [3.63, 3.8) is 0 Å². The van der Waals surface area contributed by atoms with Gasteiger partial charge >= 0.3 is 0 Å². The molecule has 1 aromatic heterocycles. The molecule has 1 heterocycles. The lowest BCUT2D eigenvalue weighted by Gasteiger charge is -2.13. The van der Waals surface area contributed by atoms with Crippen LogP contribution in [-0.2, 0) is 11.3 Å². The van der Waals surface area contributed by atoms with E-state index in [0.29, 0.717) is 6.54 Å². The van der Waals surface area contributed by atoms with Crippen LogP contribution in [0.3, 0.4) is 0 Å². The van der Waals surface area contributed by atoms with E-state index in [1.807, 2.05) is 32.0 Å². The molecule has 0 spiro atoms. The Morgan fingerprint density at radius 2 is 2.29 bits per heavy atom. The molecule has 1 atom stereocenters. The van der Waals surface area contributed by atoms with Gasteiger partial charge < -0.3 is 10.6 Å². The SMILES string of the molecule is CCCNC(=O)C(C)NCc1cccc(Br)n1. The maximum absolute atomic E-state index is 11.6. The predicted octanol–water partition coefficient (Wildman–Crippen LogP) is 1.85. The highest BCUT2D eigenvalue weighted by atomic mass is 79.9. The Balaban J connectivity index is 2.37. The Hall–Kier alpha value is -0.940. The number of rotatable bonds is 6. The topological polar surface area (TPSA) is 54.0 Å². The Morgan fingerprint density at radius 1 is 1.53 bits per heavy atom. The molecule has 0 fully saturated rings. The summed E-state index contributed by atoms with van der Waals surface area (Å²) in [6.45, 7) is 5.19. The minimum absolute atomic E-state index is 0.0295. The Kier molecular flexibility index (Phi) is 6.15. The zero-order valence-corrected chi connectivity index (χ0v) is 11.8. The molecule has 94 valence electrons. The maximum atomic E-state index is 11.6. The summed E-state index contributed by atoms with van der Waals surface area (Å²) in [7, 11) is 0. The normalized spacial score (nSPS) is 12.2. The summed E-state index contributed by atoms with van der Waals surface area (Å²) in [5, 5.41) is 5.99. The van der Waals surface area contributed by atoms with Crippen molar-refractivity contribution in [3.8, 4) is 0 Å². The lowest BCUT2D eigenvalue weighted by Crippen LogP contribution is -2.42. The van der Waals surface area contributed by atoms with Crippen molar-refractivity contribution in [3.05, 3.63) is 28.5 Å². The molecule has 0 aromatic carbocycles. The van der Waals surface area contributed by atoms with Crippen molar-refractivity contribution in [2.45, 2.75) is 32.9 Å². The van der Waals surface area contributed by atoms with E-state index < -0.39 is 0 Å². The zero-order valence-electron chi connectivity index (χ0n) is 10.2. The van der Waals surface area contributed by atoms with E-state index in [1.54, 1.807) is 0 Å². The molecule has 0 aliphatic heterocycles. The highest BCUT2D eigenvalue weighted by Gasteiger charge is 2.11. The Bertz CT molecular complexity index is 371. The van der Waals surface area contributed by atoms with Gasteiger partial charge in [-0.2, -0.15) is 0 Å². The van der Waals surface area contributed by atoms with Gasteiger partial charge in [0.25, 0.3) is 0 Å². The number of amides is 1. The average Bonchev–Trinajstić information content (AvgIpc) is 2.33. The fourth-order valence-corrected chi connectivity index (χ4v) is 1.68. The number of carbonyl (C=O) groups excluding carboxylic acids is 1. The van der Waals surface area contributed by atoms with Crippen molar-refractivity contribution in [1.82, 2.24) is 15.6 Å². The summed E-state index contributed by atoms with van der Waals surface area (Å²) in [5.74, 6) is 0.0295. The second-order valence-electron chi connectivity index (χ2n) is 3.85. The van der Waals surface area contributed by atoms with Crippen LogP contribution >= 0.6 is 15.9 Å². The molecule has 1 rings (SSSR count). The van der Waals surface area contributed by atoms with Crippen LogP contribution in [0.4, 0.5) is 0 Å². The van der Waals surface area contributed by atoms with E-state index in [9.17, 15) is 4.79 Å². The van der Waals surface area contributed by atoms with Gasteiger partial charge in [0.05, 0.1) is 11.7 Å². The lowest BCUT2D eigenvalue weighted by molar-refractivity contribution is -0.122. The smallest absolute Gasteiger partial charge is 0.236 e. The number of carbonyl (C=O) groups is 1. The molecule has 5 heteroatoms. The van der Waals surface area contributed by atoms with Gasteiger partial charge in [-0.3, -0.25) is 4.79 Å². The van der Waals surface area contributed by atoms with Crippen LogP contribution < -0.4 is 10.6 Å². The average molecular weight is 300 g/mol.